The van der Waals surface area contributed by atoms with Crippen molar-refractivity contribution in [1.29, 1.82) is 5.26 Å². The summed E-state index contributed by atoms with van der Waals surface area (Å²) in [4.78, 5) is 12.7. The normalized spacial score (nSPS) is 10.9. The van der Waals surface area contributed by atoms with Crippen molar-refractivity contribution in [3.63, 3.8) is 0 Å². The molecule has 0 heterocycles. The van der Waals surface area contributed by atoms with Crippen molar-refractivity contribution in [2.75, 3.05) is 19.0 Å². The van der Waals surface area contributed by atoms with Gasteiger partial charge in [-0.1, -0.05) is 45.2 Å². The van der Waals surface area contributed by atoms with Crippen LogP contribution >= 0.6 is 39.1 Å². The molecular formula is C26H21BrCl2N2O4. The fraction of sp³-hybridized carbons (Fsp3) is 0.154. The Morgan fingerprint density at radius 1 is 1.09 bits per heavy atom. The standard InChI is InChI=1S/C26H21BrCl2N2O4/c1-3-34-21-8-6-20(7-9-21)31-26(32)18(14-30)10-17-11-24(33-2)25(13-22(17)27)35-15-16-4-5-19(28)12-23(16)29/h4-13H,3,15H2,1-2H3,(H,31,32)/b18-10-. The zero-order chi connectivity index (χ0) is 25.4. The number of carbonyl (C=O) groups excluding carboxylic acids is 1. The second-order valence-electron chi connectivity index (χ2n) is 7.13. The van der Waals surface area contributed by atoms with Crippen molar-refractivity contribution in [3.05, 3.63) is 85.8 Å². The molecule has 0 aliphatic rings. The highest BCUT2D eigenvalue weighted by atomic mass is 79.9. The first-order valence-corrected chi connectivity index (χ1v) is 12.0. The lowest BCUT2D eigenvalue weighted by molar-refractivity contribution is -0.112. The number of nitrogens with one attached hydrogen (secondary N) is 1. The second kappa shape index (κ2) is 12.5. The van der Waals surface area contributed by atoms with Crippen LogP contribution in [0.5, 0.6) is 17.2 Å². The molecule has 9 heteroatoms. The van der Waals surface area contributed by atoms with Crippen LogP contribution in [0, 0.1) is 11.3 Å². The number of rotatable bonds is 9. The number of carbonyl (C=O) groups is 1. The molecule has 3 aromatic carbocycles. The van der Waals surface area contributed by atoms with E-state index in [1.54, 1.807) is 54.6 Å². The first-order valence-electron chi connectivity index (χ1n) is 10.4. The summed E-state index contributed by atoms with van der Waals surface area (Å²) in [5.74, 6) is 1.03. The number of hydrogen-bond donors (Lipinski definition) is 1. The lowest BCUT2D eigenvalue weighted by Gasteiger charge is -2.14. The third-order valence-corrected chi connectivity index (χ3v) is 6.04. The van der Waals surface area contributed by atoms with Crippen LogP contribution < -0.4 is 19.5 Å². The molecule has 0 aliphatic carbocycles. The van der Waals surface area contributed by atoms with Crippen molar-refractivity contribution in [1.82, 2.24) is 0 Å². The van der Waals surface area contributed by atoms with Crippen molar-refractivity contribution in [2.24, 2.45) is 0 Å². The van der Waals surface area contributed by atoms with E-state index in [9.17, 15) is 10.1 Å². The third-order valence-electron chi connectivity index (χ3n) is 4.77. The van der Waals surface area contributed by atoms with Crippen molar-refractivity contribution < 1.29 is 19.0 Å². The van der Waals surface area contributed by atoms with Crippen molar-refractivity contribution in [3.8, 4) is 23.3 Å². The van der Waals surface area contributed by atoms with Gasteiger partial charge in [0.2, 0.25) is 0 Å². The van der Waals surface area contributed by atoms with Gasteiger partial charge in [-0.15, -0.1) is 0 Å². The summed E-state index contributed by atoms with van der Waals surface area (Å²) in [5, 5.41) is 13.3. The summed E-state index contributed by atoms with van der Waals surface area (Å²) in [5.41, 5.74) is 1.79. The van der Waals surface area contributed by atoms with Gasteiger partial charge >= 0.3 is 0 Å². The van der Waals surface area contributed by atoms with E-state index in [1.165, 1.54) is 13.2 Å². The van der Waals surface area contributed by atoms with Gasteiger partial charge in [-0.2, -0.15) is 5.26 Å². The van der Waals surface area contributed by atoms with Crippen molar-refractivity contribution in [2.45, 2.75) is 13.5 Å². The van der Waals surface area contributed by atoms with Gasteiger partial charge in [0.15, 0.2) is 11.5 Å². The SMILES string of the molecule is CCOc1ccc(NC(=O)/C(C#N)=C\c2cc(OC)c(OCc3ccc(Cl)cc3Cl)cc2Br)cc1. The molecular weight excluding hydrogens is 555 g/mol. The van der Waals surface area contributed by atoms with Crippen LogP contribution in [0.15, 0.2) is 64.6 Å². The topological polar surface area (TPSA) is 80.6 Å². The lowest BCUT2D eigenvalue weighted by atomic mass is 10.1. The zero-order valence-corrected chi connectivity index (χ0v) is 22.0. The number of nitrogens with zero attached hydrogens (tertiary/aromatic N) is 1. The van der Waals surface area contributed by atoms with Crippen LogP contribution in [0.2, 0.25) is 10.0 Å². The van der Waals surface area contributed by atoms with Crippen LogP contribution in [0.4, 0.5) is 5.69 Å². The van der Waals surface area contributed by atoms with Crippen LogP contribution in [0.25, 0.3) is 6.08 Å². The molecule has 0 saturated heterocycles. The van der Waals surface area contributed by atoms with Crippen LogP contribution in [-0.2, 0) is 11.4 Å². The number of amides is 1. The van der Waals surface area contributed by atoms with Gasteiger partial charge in [0.05, 0.1) is 13.7 Å². The number of ether oxygens (including phenoxy) is 3. The van der Waals surface area contributed by atoms with E-state index >= 15 is 0 Å². The van der Waals surface area contributed by atoms with Gasteiger partial charge < -0.3 is 19.5 Å². The van der Waals surface area contributed by atoms with E-state index in [0.29, 0.717) is 49.6 Å². The summed E-state index contributed by atoms with van der Waals surface area (Å²) >= 11 is 15.6. The smallest absolute Gasteiger partial charge is 0.266 e. The molecule has 0 unspecified atom stereocenters. The minimum atomic E-state index is -0.541. The van der Waals surface area contributed by atoms with Crippen molar-refractivity contribution >= 4 is 56.8 Å². The minimum Gasteiger partial charge on any atom is -0.494 e. The number of hydrogen-bond acceptors (Lipinski definition) is 5. The molecule has 0 bridgehead atoms. The monoisotopic (exact) mass is 574 g/mol. The number of halogens is 3. The predicted octanol–water partition coefficient (Wildman–Crippen LogP) is 7.29. The Morgan fingerprint density at radius 2 is 1.83 bits per heavy atom. The first-order chi connectivity index (χ1) is 16.8. The second-order valence-corrected chi connectivity index (χ2v) is 8.83. The molecule has 0 aromatic heterocycles. The number of anilines is 1. The Labute approximate surface area is 222 Å². The van der Waals surface area contributed by atoms with Gasteiger partial charge in [0.1, 0.15) is 24.0 Å². The van der Waals surface area contributed by atoms with Gasteiger partial charge in [0, 0.05) is 25.8 Å². The Bertz CT molecular complexity index is 1290. The Morgan fingerprint density at radius 3 is 2.46 bits per heavy atom. The van der Waals surface area contributed by atoms with Gasteiger partial charge in [-0.3, -0.25) is 4.79 Å². The fourth-order valence-electron chi connectivity index (χ4n) is 3.03. The highest BCUT2D eigenvalue weighted by molar-refractivity contribution is 9.10. The number of benzene rings is 3. The fourth-order valence-corrected chi connectivity index (χ4v) is 3.93. The highest BCUT2D eigenvalue weighted by Gasteiger charge is 2.14. The summed E-state index contributed by atoms with van der Waals surface area (Å²) in [6.45, 7) is 2.63. The highest BCUT2D eigenvalue weighted by Crippen LogP contribution is 2.35. The van der Waals surface area contributed by atoms with E-state index in [4.69, 9.17) is 37.4 Å². The lowest BCUT2D eigenvalue weighted by Crippen LogP contribution is -2.13. The van der Waals surface area contributed by atoms with E-state index in [0.717, 1.165) is 5.56 Å². The van der Waals surface area contributed by atoms with Gasteiger partial charge in [-0.25, -0.2) is 0 Å². The molecule has 3 rings (SSSR count). The molecule has 1 amide bonds. The molecule has 0 saturated carbocycles. The van der Waals surface area contributed by atoms with Gasteiger partial charge in [0.25, 0.3) is 5.91 Å². The maximum absolute atomic E-state index is 12.7. The summed E-state index contributed by atoms with van der Waals surface area (Å²) in [6, 6.07) is 17.4. The van der Waals surface area contributed by atoms with E-state index in [2.05, 4.69) is 21.2 Å². The maximum atomic E-state index is 12.7. The number of nitriles is 1. The Balaban J connectivity index is 1.78. The summed E-state index contributed by atoms with van der Waals surface area (Å²) < 4.78 is 17.4. The molecule has 0 fully saturated rings. The van der Waals surface area contributed by atoms with Gasteiger partial charge in [-0.05, 0) is 67.1 Å². The molecule has 0 radical (unpaired) electrons. The van der Waals surface area contributed by atoms with Crippen LogP contribution in [-0.4, -0.2) is 19.6 Å². The molecule has 3 aromatic rings. The van der Waals surface area contributed by atoms with Crippen LogP contribution in [0.1, 0.15) is 18.1 Å². The minimum absolute atomic E-state index is 0.0803. The zero-order valence-electron chi connectivity index (χ0n) is 18.9. The molecule has 1 N–H and O–H groups in total. The molecule has 35 heavy (non-hydrogen) atoms. The number of methoxy groups -OCH3 is 1. The predicted molar refractivity (Wildman–Crippen MR) is 141 cm³/mol. The Kier molecular flexibility index (Phi) is 9.44. The molecule has 0 aliphatic heterocycles. The molecule has 6 nitrogen and oxygen atoms in total. The third kappa shape index (κ3) is 7.15. The maximum Gasteiger partial charge on any atom is 0.266 e. The quantitative estimate of drug-likeness (QED) is 0.214. The van der Waals surface area contributed by atoms with E-state index in [1.807, 2.05) is 13.0 Å². The molecule has 180 valence electrons. The largest absolute Gasteiger partial charge is 0.494 e. The average molecular weight is 576 g/mol. The Hall–Kier alpha value is -3.18. The summed E-state index contributed by atoms with van der Waals surface area (Å²) in [6.07, 6.45) is 1.47. The molecule has 0 atom stereocenters. The van der Waals surface area contributed by atoms with E-state index in [-0.39, 0.29) is 12.2 Å². The average Bonchev–Trinajstić information content (AvgIpc) is 2.84. The first kappa shape index (κ1) is 26.4. The van der Waals surface area contributed by atoms with Crippen LogP contribution in [0.3, 0.4) is 0 Å². The molecule has 0 spiro atoms. The van der Waals surface area contributed by atoms with E-state index < -0.39 is 5.91 Å². The summed E-state index contributed by atoms with van der Waals surface area (Å²) in [7, 11) is 1.50.